The van der Waals surface area contributed by atoms with Gasteiger partial charge in [-0.15, -0.1) is 23.5 Å². The minimum absolute atomic E-state index is 0.185. The molecule has 1 saturated carbocycles. The molecule has 0 amide bonds. The number of rotatable bonds is 10. The summed E-state index contributed by atoms with van der Waals surface area (Å²) in [6, 6.07) is 0. The van der Waals surface area contributed by atoms with Crippen LogP contribution in [0.3, 0.4) is 0 Å². The van der Waals surface area contributed by atoms with E-state index in [0.717, 1.165) is 31.4 Å². The first-order valence-corrected chi connectivity index (χ1v) is 12.2. The van der Waals surface area contributed by atoms with Crippen LogP contribution in [0.4, 0.5) is 0 Å². The Kier molecular flexibility index (Phi) is 7.57. The molecule has 5 heteroatoms. The van der Waals surface area contributed by atoms with E-state index in [1.807, 2.05) is 11.8 Å². The van der Waals surface area contributed by atoms with Crippen molar-refractivity contribution in [2.75, 3.05) is 5.75 Å². The number of carboxylic acids is 1. The van der Waals surface area contributed by atoms with Gasteiger partial charge in [-0.2, -0.15) is 0 Å². The smallest absolute Gasteiger partial charge is 0.317 e. The lowest BCUT2D eigenvalue weighted by Crippen LogP contribution is -2.40. The molecule has 2 unspecified atom stereocenters. The van der Waals surface area contributed by atoms with Crippen molar-refractivity contribution in [1.29, 1.82) is 0 Å². The van der Waals surface area contributed by atoms with E-state index < -0.39 is 5.97 Å². The highest BCUT2D eigenvalue weighted by atomic mass is 32.2. The molecule has 0 saturated heterocycles. The van der Waals surface area contributed by atoms with Gasteiger partial charge in [-0.05, 0) is 74.0 Å². The second-order valence-corrected chi connectivity index (χ2v) is 10.7. The summed E-state index contributed by atoms with van der Waals surface area (Å²) < 4.78 is 1.18. The molecule has 3 atom stereocenters. The fraction of sp³-hybridized carbons (Fsp3) is 0.682. The lowest BCUT2D eigenvalue weighted by atomic mass is 9.63. The molecule has 3 nitrogen and oxygen atoms in total. The van der Waals surface area contributed by atoms with Crippen LogP contribution in [0.2, 0.25) is 0 Å². The largest absolute Gasteiger partial charge is 0.480 e. The average Bonchev–Trinajstić information content (AvgIpc) is 3.24. The molecule has 0 aromatic rings. The zero-order valence-corrected chi connectivity index (χ0v) is 17.9. The molecule has 1 heterocycles. The molecule has 1 aliphatic heterocycles. The van der Waals surface area contributed by atoms with Gasteiger partial charge in [-0.3, -0.25) is 4.79 Å². The van der Waals surface area contributed by atoms with E-state index in [0.29, 0.717) is 12.3 Å². The van der Waals surface area contributed by atoms with Gasteiger partial charge in [-0.1, -0.05) is 37.6 Å². The SMILES string of the molecule is CCC1(C(O)C/C=C/C2=CCC[C@@H]2CCSC2=CCC(C(=O)O)S2)CCC1. The highest BCUT2D eigenvalue weighted by Crippen LogP contribution is 2.47. The number of aliphatic hydroxyl groups excluding tert-OH is 1. The molecule has 0 aromatic heterocycles. The number of thioether (sulfide) groups is 2. The van der Waals surface area contributed by atoms with Crippen LogP contribution in [0.5, 0.6) is 0 Å². The maximum absolute atomic E-state index is 11.0. The number of hydrogen-bond donors (Lipinski definition) is 2. The van der Waals surface area contributed by atoms with E-state index in [9.17, 15) is 9.90 Å². The monoisotopic (exact) mass is 408 g/mol. The van der Waals surface area contributed by atoms with Crippen molar-refractivity contribution in [3.8, 4) is 0 Å². The van der Waals surface area contributed by atoms with E-state index >= 15 is 0 Å². The van der Waals surface area contributed by atoms with Gasteiger partial charge in [0.2, 0.25) is 0 Å². The zero-order valence-electron chi connectivity index (χ0n) is 16.2. The Hall–Kier alpha value is -0.650. The standard InChI is InChI=1S/C22H32O3S2/c1-2-22(13-5-14-22)19(23)9-4-8-16-6-3-7-17(16)12-15-26-20-11-10-18(27-20)21(24)25/h4,6,8,11,17-19,23H,2-3,5,7,9-10,12-15H2,1H3,(H,24,25)/b8-4+/t17-,18?,19?/m1/s1. The first-order chi connectivity index (χ1) is 13.0. The first-order valence-electron chi connectivity index (χ1n) is 10.3. The molecule has 150 valence electrons. The third-order valence-corrected chi connectivity index (χ3v) is 9.15. The van der Waals surface area contributed by atoms with Crippen LogP contribution < -0.4 is 0 Å². The Morgan fingerprint density at radius 3 is 2.89 bits per heavy atom. The second-order valence-electron chi connectivity index (χ2n) is 8.04. The van der Waals surface area contributed by atoms with Crippen molar-refractivity contribution in [3.05, 3.63) is 34.1 Å². The summed E-state index contributed by atoms with van der Waals surface area (Å²) >= 11 is 3.31. The van der Waals surface area contributed by atoms with Gasteiger partial charge in [0.25, 0.3) is 0 Å². The molecular weight excluding hydrogens is 376 g/mol. The average molecular weight is 409 g/mol. The summed E-state index contributed by atoms with van der Waals surface area (Å²) in [6.07, 6.45) is 18.3. The van der Waals surface area contributed by atoms with Crippen molar-refractivity contribution in [3.63, 3.8) is 0 Å². The molecule has 0 aromatic carbocycles. The van der Waals surface area contributed by atoms with E-state index in [2.05, 4.69) is 31.2 Å². The van der Waals surface area contributed by atoms with Crippen molar-refractivity contribution in [2.24, 2.45) is 11.3 Å². The van der Waals surface area contributed by atoms with Crippen molar-refractivity contribution < 1.29 is 15.0 Å². The third-order valence-electron chi connectivity index (χ3n) is 6.54. The zero-order chi connectivity index (χ0) is 19.3. The third kappa shape index (κ3) is 5.24. The van der Waals surface area contributed by atoms with Crippen molar-refractivity contribution in [1.82, 2.24) is 0 Å². The lowest BCUT2D eigenvalue weighted by molar-refractivity contribution is -0.136. The fourth-order valence-corrected chi connectivity index (χ4v) is 6.88. The Morgan fingerprint density at radius 1 is 1.44 bits per heavy atom. The Morgan fingerprint density at radius 2 is 2.26 bits per heavy atom. The van der Waals surface area contributed by atoms with Crippen molar-refractivity contribution >= 4 is 29.5 Å². The highest BCUT2D eigenvalue weighted by molar-refractivity contribution is 8.23. The molecule has 3 rings (SSSR count). The predicted octanol–water partition coefficient (Wildman–Crippen LogP) is 5.77. The lowest BCUT2D eigenvalue weighted by Gasteiger charge is -2.45. The molecule has 0 radical (unpaired) electrons. The van der Waals surface area contributed by atoms with Gasteiger partial charge >= 0.3 is 5.97 Å². The van der Waals surface area contributed by atoms with Crippen LogP contribution in [0.15, 0.2) is 34.1 Å². The molecule has 3 aliphatic rings. The van der Waals surface area contributed by atoms with E-state index in [4.69, 9.17) is 5.11 Å². The van der Waals surface area contributed by atoms with Crippen LogP contribution in [0, 0.1) is 11.3 Å². The summed E-state index contributed by atoms with van der Waals surface area (Å²) in [5.41, 5.74) is 1.61. The Bertz CT molecular complexity index is 614. The fourth-order valence-electron chi connectivity index (χ4n) is 4.42. The number of carbonyl (C=O) groups is 1. The number of aliphatic hydroxyl groups is 1. The number of allylic oxidation sites excluding steroid dienone is 4. The minimum Gasteiger partial charge on any atom is -0.480 e. The van der Waals surface area contributed by atoms with Gasteiger partial charge in [0, 0.05) is 4.24 Å². The Balaban J connectivity index is 1.39. The molecule has 2 N–H and O–H groups in total. The molecule has 27 heavy (non-hydrogen) atoms. The molecule has 1 fully saturated rings. The van der Waals surface area contributed by atoms with Gasteiger partial charge in [0.1, 0.15) is 5.25 Å². The number of carboxylic acid groups (broad SMARTS) is 1. The second kappa shape index (κ2) is 9.71. The first kappa shape index (κ1) is 21.1. The van der Waals surface area contributed by atoms with Gasteiger partial charge in [0.05, 0.1) is 6.10 Å². The summed E-state index contributed by atoms with van der Waals surface area (Å²) in [5.74, 6) is 0.951. The van der Waals surface area contributed by atoms with E-state index in [1.165, 1.54) is 47.3 Å². The number of aliphatic carboxylic acids is 1. The molecular formula is C22H32O3S2. The van der Waals surface area contributed by atoms with Crippen LogP contribution in [0.1, 0.15) is 64.7 Å². The van der Waals surface area contributed by atoms with E-state index in [1.54, 1.807) is 0 Å². The summed E-state index contributed by atoms with van der Waals surface area (Å²) in [4.78, 5) is 11.0. The summed E-state index contributed by atoms with van der Waals surface area (Å²) in [5, 5.41) is 19.3. The van der Waals surface area contributed by atoms with Gasteiger partial charge in [-0.25, -0.2) is 0 Å². The number of hydrogen-bond acceptors (Lipinski definition) is 4. The quantitative estimate of drug-likeness (QED) is 0.481. The van der Waals surface area contributed by atoms with Crippen LogP contribution >= 0.6 is 23.5 Å². The van der Waals surface area contributed by atoms with Crippen molar-refractivity contribution in [2.45, 2.75) is 76.1 Å². The topological polar surface area (TPSA) is 57.5 Å². The maximum Gasteiger partial charge on any atom is 0.317 e. The molecule has 2 aliphatic carbocycles. The maximum atomic E-state index is 11.0. The van der Waals surface area contributed by atoms with Crippen LogP contribution in [-0.2, 0) is 4.79 Å². The van der Waals surface area contributed by atoms with Gasteiger partial charge < -0.3 is 10.2 Å². The van der Waals surface area contributed by atoms with Crippen LogP contribution in [0.25, 0.3) is 0 Å². The van der Waals surface area contributed by atoms with E-state index in [-0.39, 0.29) is 16.8 Å². The predicted molar refractivity (Wildman–Crippen MR) is 116 cm³/mol. The molecule has 0 bridgehead atoms. The van der Waals surface area contributed by atoms with Gasteiger partial charge in [0.15, 0.2) is 0 Å². The normalized spacial score (nSPS) is 28.1. The molecule has 0 spiro atoms. The summed E-state index contributed by atoms with van der Waals surface area (Å²) in [7, 11) is 0. The highest BCUT2D eigenvalue weighted by Gasteiger charge is 2.40. The summed E-state index contributed by atoms with van der Waals surface area (Å²) in [6.45, 7) is 2.20. The Labute approximate surface area is 171 Å². The van der Waals surface area contributed by atoms with Crippen LogP contribution in [-0.4, -0.2) is 33.3 Å². The minimum atomic E-state index is -0.702.